The third kappa shape index (κ3) is 2.45. The second-order valence-electron chi connectivity index (χ2n) is 5.61. The van der Waals surface area contributed by atoms with Crippen molar-refractivity contribution in [1.29, 1.82) is 0 Å². The van der Waals surface area contributed by atoms with E-state index in [-0.39, 0.29) is 11.1 Å². The molecule has 5 nitrogen and oxygen atoms in total. The van der Waals surface area contributed by atoms with E-state index in [9.17, 15) is 13.6 Å². The Hall–Kier alpha value is -2.87. The number of hydrogen-bond donors (Lipinski definition) is 1. The zero-order valence-corrected chi connectivity index (χ0v) is 14.1. The summed E-state index contributed by atoms with van der Waals surface area (Å²) in [5.41, 5.74) is 0.785. The van der Waals surface area contributed by atoms with Gasteiger partial charge < -0.3 is 9.55 Å². The van der Waals surface area contributed by atoms with Crippen LogP contribution in [0.25, 0.3) is 33.0 Å². The minimum atomic E-state index is -0.691. The summed E-state index contributed by atoms with van der Waals surface area (Å²) < 4.78 is 29.7. The maximum absolute atomic E-state index is 14.3. The molecule has 25 heavy (non-hydrogen) atoms. The lowest BCUT2D eigenvalue weighted by Crippen LogP contribution is -2.09. The van der Waals surface area contributed by atoms with Gasteiger partial charge in [-0.2, -0.15) is 0 Å². The Kier molecular flexibility index (Phi) is 3.50. The van der Waals surface area contributed by atoms with Crippen LogP contribution in [-0.2, 0) is 7.05 Å². The second kappa shape index (κ2) is 5.59. The highest BCUT2D eigenvalue weighted by Gasteiger charge is 2.20. The van der Waals surface area contributed by atoms with Crippen molar-refractivity contribution in [2.75, 3.05) is 0 Å². The van der Waals surface area contributed by atoms with Crippen LogP contribution in [0.1, 0.15) is 4.88 Å². The van der Waals surface area contributed by atoms with Crippen molar-refractivity contribution in [3.05, 3.63) is 57.5 Å². The molecule has 0 aliphatic rings. The number of aryl methyl sites for hydroxylation is 2. The van der Waals surface area contributed by atoms with Gasteiger partial charge in [0.2, 0.25) is 0 Å². The summed E-state index contributed by atoms with van der Waals surface area (Å²) in [5, 5.41) is 0. The van der Waals surface area contributed by atoms with Gasteiger partial charge in [-0.05, 0) is 19.1 Å². The lowest BCUT2D eigenvalue weighted by Gasteiger charge is -2.05. The van der Waals surface area contributed by atoms with Gasteiger partial charge in [0.05, 0.1) is 5.52 Å². The van der Waals surface area contributed by atoms with Crippen LogP contribution in [0.15, 0.2) is 35.4 Å². The summed E-state index contributed by atoms with van der Waals surface area (Å²) in [5.74, 6) is -0.554. The highest BCUT2D eigenvalue weighted by Crippen LogP contribution is 2.37. The van der Waals surface area contributed by atoms with E-state index in [1.165, 1.54) is 23.5 Å². The number of rotatable bonds is 2. The number of halogens is 2. The van der Waals surface area contributed by atoms with Crippen molar-refractivity contribution in [2.24, 2.45) is 7.05 Å². The van der Waals surface area contributed by atoms with E-state index < -0.39 is 11.6 Å². The molecule has 0 bridgehead atoms. The normalized spacial score (nSPS) is 11.4. The van der Waals surface area contributed by atoms with Crippen LogP contribution in [0.3, 0.4) is 0 Å². The molecular formula is C17H12F2N4OS. The van der Waals surface area contributed by atoms with Crippen molar-refractivity contribution in [3.8, 4) is 22.8 Å². The summed E-state index contributed by atoms with van der Waals surface area (Å²) in [4.78, 5) is 24.6. The van der Waals surface area contributed by atoms with Crippen LogP contribution in [-0.4, -0.2) is 19.5 Å². The van der Waals surface area contributed by atoms with Gasteiger partial charge in [0, 0.05) is 41.5 Å². The van der Waals surface area contributed by atoms with E-state index in [0.29, 0.717) is 27.4 Å². The molecule has 0 aliphatic heterocycles. The van der Waals surface area contributed by atoms with Crippen LogP contribution >= 0.6 is 11.3 Å². The third-order valence-corrected chi connectivity index (χ3v) is 5.05. The fourth-order valence-corrected chi connectivity index (χ4v) is 3.81. The molecule has 0 saturated carbocycles. The van der Waals surface area contributed by atoms with Gasteiger partial charge in [-0.1, -0.05) is 0 Å². The van der Waals surface area contributed by atoms with Crippen LogP contribution < -0.4 is 5.56 Å². The van der Waals surface area contributed by atoms with Gasteiger partial charge in [-0.3, -0.25) is 4.79 Å². The van der Waals surface area contributed by atoms with E-state index >= 15 is 0 Å². The molecule has 126 valence electrons. The first-order valence-electron chi connectivity index (χ1n) is 7.42. The van der Waals surface area contributed by atoms with E-state index in [2.05, 4.69) is 15.0 Å². The SMILES string of the molecule is Cc1sc2c(=O)[nH]c(-c3nccn3C)nc2c1-c1ccc(F)cc1F. The molecule has 1 N–H and O–H groups in total. The molecule has 4 aromatic rings. The van der Waals surface area contributed by atoms with Gasteiger partial charge >= 0.3 is 0 Å². The summed E-state index contributed by atoms with van der Waals surface area (Å²) in [7, 11) is 1.78. The number of nitrogens with zero attached hydrogens (tertiary/aromatic N) is 3. The first-order chi connectivity index (χ1) is 12.0. The summed E-state index contributed by atoms with van der Waals surface area (Å²) in [6.07, 6.45) is 3.33. The molecular weight excluding hydrogens is 346 g/mol. The molecule has 4 rings (SSSR count). The summed E-state index contributed by atoms with van der Waals surface area (Å²) in [6, 6.07) is 3.38. The van der Waals surface area contributed by atoms with E-state index in [1.54, 1.807) is 30.9 Å². The van der Waals surface area contributed by atoms with Crippen molar-refractivity contribution < 1.29 is 8.78 Å². The van der Waals surface area contributed by atoms with E-state index in [4.69, 9.17) is 0 Å². The number of thiophene rings is 1. The molecule has 0 fully saturated rings. The number of nitrogens with one attached hydrogen (secondary N) is 1. The molecule has 1 aromatic carbocycles. The predicted molar refractivity (Wildman–Crippen MR) is 92.5 cm³/mol. The Labute approximate surface area is 144 Å². The largest absolute Gasteiger partial charge is 0.331 e. The highest BCUT2D eigenvalue weighted by molar-refractivity contribution is 7.19. The average molecular weight is 358 g/mol. The van der Waals surface area contributed by atoms with Crippen molar-refractivity contribution in [3.63, 3.8) is 0 Å². The topological polar surface area (TPSA) is 63.6 Å². The number of imidazole rings is 1. The maximum atomic E-state index is 14.3. The number of benzene rings is 1. The maximum Gasteiger partial charge on any atom is 0.269 e. The Balaban J connectivity index is 2.05. The lowest BCUT2D eigenvalue weighted by atomic mass is 10.0. The zero-order valence-electron chi connectivity index (χ0n) is 13.3. The monoisotopic (exact) mass is 358 g/mol. The smallest absolute Gasteiger partial charge is 0.269 e. The number of fused-ring (bicyclic) bond motifs is 1. The minimum absolute atomic E-state index is 0.217. The first kappa shape index (κ1) is 15.6. The molecule has 0 saturated heterocycles. The Bertz CT molecular complexity index is 1180. The Morgan fingerprint density at radius 3 is 2.76 bits per heavy atom. The molecule has 0 spiro atoms. The lowest BCUT2D eigenvalue weighted by molar-refractivity contribution is 0.585. The fraction of sp³-hybridized carbons (Fsp3) is 0.118. The Morgan fingerprint density at radius 2 is 2.08 bits per heavy atom. The number of aromatic nitrogens is 4. The van der Waals surface area contributed by atoms with Gasteiger partial charge in [0.15, 0.2) is 11.6 Å². The predicted octanol–water partition coefficient (Wildman–Crippen LogP) is 3.64. The van der Waals surface area contributed by atoms with Crippen molar-refractivity contribution >= 4 is 21.6 Å². The fourth-order valence-electron chi connectivity index (χ4n) is 2.81. The number of H-pyrrole nitrogens is 1. The molecule has 3 heterocycles. The standard InChI is InChI=1S/C17H12F2N4OS/c1-8-12(10-4-3-9(18)7-11(10)19)13-14(25-8)17(24)22-15(21-13)16-20-5-6-23(16)2/h3-7H,1-2H3,(H,21,22,24). The van der Waals surface area contributed by atoms with Gasteiger partial charge in [0.1, 0.15) is 16.3 Å². The minimum Gasteiger partial charge on any atom is -0.331 e. The number of aromatic amines is 1. The molecule has 0 aliphatic carbocycles. The van der Waals surface area contributed by atoms with E-state index in [0.717, 1.165) is 10.9 Å². The average Bonchev–Trinajstić information content (AvgIpc) is 3.11. The quantitative estimate of drug-likeness (QED) is 0.595. The molecule has 0 unspecified atom stereocenters. The highest BCUT2D eigenvalue weighted by atomic mass is 32.1. The Morgan fingerprint density at radius 1 is 1.28 bits per heavy atom. The van der Waals surface area contributed by atoms with Crippen LogP contribution in [0, 0.1) is 18.6 Å². The van der Waals surface area contributed by atoms with Crippen LogP contribution in [0.5, 0.6) is 0 Å². The van der Waals surface area contributed by atoms with Crippen molar-refractivity contribution in [2.45, 2.75) is 6.92 Å². The van der Waals surface area contributed by atoms with Gasteiger partial charge in [0.25, 0.3) is 5.56 Å². The molecule has 3 aromatic heterocycles. The molecule has 0 atom stereocenters. The van der Waals surface area contributed by atoms with Gasteiger partial charge in [-0.25, -0.2) is 18.7 Å². The third-order valence-electron chi connectivity index (χ3n) is 3.95. The second-order valence-corrected chi connectivity index (χ2v) is 6.84. The van der Waals surface area contributed by atoms with Crippen molar-refractivity contribution in [1.82, 2.24) is 19.5 Å². The van der Waals surface area contributed by atoms with Gasteiger partial charge in [-0.15, -0.1) is 11.3 Å². The summed E-state index contributed by atoms with van der Waals surface area (Å²) in [6.45, 7) is 1.78. The van der Waals surface area contributed by atoms with Crippen LogP contribution in [0.4, 0.5) is 8.78 Å². The first-order valence-corrected chi connectivity index (χ1v) is 8.24. The van der Waals surface area contributed by atoms with E-state index in [1.807, 2.05) is 0 Å². The molecule has 8 heteroatoms. The van der Waals surface area contributed by atoms with Crippen LogP contribution in [0.2, 0.25) is 0 Å². The number of hydrogen-bond acceptors (Lipinski definition) is 4. The molecule has 0 amide bonds. The summed E-state index contributed by atoms with van der Waals surface area (Å²) >= 11 is 1.23. The molecule has 0 radical (unpaired) electrons. The zero-order chi connectivity index (χ0) is 17.7.